The predicted molar refractivity (Wildman–Crippen MR) is 78.1 cm³/mol. The van der Waals surface area contributed by atoms with E-state index in [4.69, 9.17) is 5.73 Å². The van der Waals surface area contributed by atoms with Gasteiger partial charge in [-0.1, -0.05) is 0 Å². The van der Waals surface area contributed by atoms with E-state index in [1.165, 1.54) is 0 Å². The first-order chi connectivity index (χ1) is 9.78. The van der Waals surface area contributed by atoms with Gasteiger partial charge in [0.15, 0.2) is 0 Å². The first-order valence-corrected chi connectivity index (χ1v) is 7.97. The lowest BCUT2D eigenvalue weighted by atomic mass is 9.74. The van der Waals surface area contributed by atoms with Crippen molar-refractivity contribution in [2.24, 2.45) is 11.7 Å². The molecule has 0 bridgehead atoms. The number of nitrogens with zero attached hydrogens (tertiary/aromatic N) is 2. The van der Waals surface area contributed by atoms with Gasteiger partial charge in [0.25, 0.3) is 0 Å². The molecule has 0 aromatic carbocycles. The molecule has 0 spiro atoms. The van der Waals surface area contributed by atoms with Crippen molar-refractivity contribution in [1.29, 1.82) is 0 Å². The summed E-state index contributed by atoms with van der Waals surface area (Å²) in [7, 11) is 4.15. The van der Waals surface area contributed by atoms with Crippen molar-refractivity contribution in [2.75, 3.05) is 33.7 Å². The molecule has 2 rings (SSSR count). The number of likely N-dealkylation sites (N-methyl/N-ethyl adjacent to an activating group) is 1. The molecule has 21 heavy (non-hydrogen) atoms. The second kappa shape index (κ2) is 6.42. The first kappa shape index (κ1) is 17.0. The quantitative estimate of drug-likeness (QED) is 0.869. The third-order valence-electron chi connectivity index (χ3n) is 5.56. The number of likely N-dealkylation sites (tertiary alicyclic amines) is 1. The fourth-order valence-corrected chi connectivity index (χ4v) is 3.94. The van der Waals surface area contributed by atoms with Crippen molar-refractivity contribution in [1.82, 2.24) is 9.80 Å². The van der Waals surface area contributed by atoms with E-state index in [1.807, 2.05) is 0 Å². The fraction of sp³-hybridized carbons (Fsp3) is 1.00. The minimum absolute atomic E-state index is 0.212. The van der Waals surface area contributed by atoms with Crippen LogP contribution in [0.25, 0.3) is 0 Å². The van der Waals surface area contributed by atoms with Crippen molar-refractivity contribution >= 4 is 0 Å². The topological polar surface area (TPSA) is 32.5 Å². The molecule has 2 N–H and O–H groups in total. The van der Waals surface area contributed by atoms with E-state index in [0.29, 0.717) is 25.4 Å². The molecule has 1 heterocycles. The summed E-state index contributed by atoms with van der Waals surface area (Å²) in [5.74, 6) is -1.13. The Kier molecular flexibility index (Phi) is 5.21. The van der Waals surface area contributed by atoms with Gasteiger partial charge in [0, 0.05) is 24.7 Å². The van der Waals surface area contributed by atoms with Crippen molar-refractivity contribution in [3.8, 4) is 0 Å². The maximum Gasteiger partial charge on any atom is 0.391 e. The first-order valence-electron chi connectivity index (χ1n) is 7.97. The third kappa shape index (κ3) is 3.71. The molecule has 1 saturated carbocycles. The molecular formula is C15H28F3N3. The van der Waals surface area contributed by atoms with Crippen molar-refractivity contribution in [3.63, 3.8) is 0 Å². The van der Waals surface area contributed by atoms with Gasteiger partial charge in [-0.3, -0.25) is 4.90 Å². The predicted octanol–water partition coefficient (Wildman–Crippen LogP) is 2.46. The van der Waals surface area contributed by atoms with E-state index in [-0.39, 0.29) is 18.4 Å². The van der Waals surface area contributed by atoms with Gasteiger partial charge in [-0.25, -0.2) is 0 Å². The summed E-state index contributed by atoms with van der Waals surface area (Å²) in [5, 5.41) is 0. The van der Waals surface area contributed by atoms with Crippen LogP contribution in [0.4, 0.5) is 13.2 Å². The van der Waals surface area contributed by atoms with Crippen LogP contribution >= 0.6 is 0 Å². The van der Waals surface area contributed by atoms with Crippen LogP contribution in [0.2, 0.25) is 0 Å². The molecule has 2 aliphatic rings. The Morgan fingerprint density at radius 1 is 1.19 bits per heavy atom. The lowest BCUT2D eigenvalue weighted by Gasteiger charge is -2.51. The standard InChI is InChI=1S/C15H28F3N3/c1-20(2)13-4-3-9-21(10-13)14(11-19)7-5-12(6-8-14)15(16,17)18/h12-13H,3-11,19H2,1-2H3. The normalized spacial score (nSPS) is 36.1. The summed E-state index contributed by atoms with van der Waals surface area (Å²) in [6.45, 7) is 2.37. The molecule has 0 amide bonds. The summed E-state index contributed by atoms with van der Waals surface area (Å²) in [6, 6.07) is 0.488. The molecular weight excluding hydrogens is 279 g/mol. The molecule has 124 valence electrons. The average Bonchev–Trinajstić information content (AvgIpc) is 2.46. The van der Waals surface area contributed by atoms with E-state index >= 15 is 0 Å². The fourth-order valence-electron chi connectivity index (χ4n) is 3.94. The monoisotopic (exact) mass is 307 g/mol. The van der Waals surface area contributed by atoms with Crippen LogP contribution in [-0.4, -0.2) is 61.3 Å². The van der Waals surface area contributed by atoms with Crippen molar-refractivity contribution in [3.05, 3.63) is 0 Å². The molecule has 1 unspecified atom stereocenters. The van der Waals surface area contributed by atoms with E-state index < -0.39 is 12.1 Å². The largest absolute Gasteiger partial charge is 0.391 e. The molecule has 1 saturated heterocycles. The molecule has 1 aliphatic heterocycles. The lowest BCUT2D eigenvalue weighted by molar-refractivity contribution is -0.189. The van der Waals surface area contributed by atoms with Crippen LogP contribution in [0.15, 0.2) is 0 Å². The third-order valence-corrected chi connectivity index (χ3v) is 5.56. The van der Waals surface area contributed by atoms with E-state index in [1.54, 1.807) is 0 Å². The van der Waals surface area contributed by atoms with Gasteiger partial charge in [-0.15, -0.1) is 0 Å². The van der Waals surface area contributed by atoms with Gasteiger partial charge < -0.3 is 10.6 Å². The van der Waals surface area contributed by atoms with E-state index in [9.17, 15) is 13.2 Å². The molecule has 2 fully saturated rings. The number of rotatable bonds is 3. The Morgan fingerprint density at radius 3 is 2.29 bits per heavy atom. The van der Waals surface area contributed by atoms with Crippen molar-refractivity contribution in [2.45, 2.75) is 56.3 Å². The number of alkyl halides is 3. The van der Waals surface area contributed by atoms with E-state index in [2.05, 4.69) is 23.9 Å². The summed E-state index contributed by atoms with van der Waals surface area (Å²) in [4.78, 5) is 4.60. The zero-order valence-electron chi connectivity index (χ0n) is 13.1. The van der Waals surface area contributed by atoms with Gasteiger partial charge in [-0.2, -0.15) is 13.2 Å². The Hall–Kier alpha value is -0.330. The highest BCUT2D eigenvalue weighted by Gasteiger charge is 2.48. The summed E-state index contributed by atoms with van der Waals surface area (Å²) in [5.41, 5.74) is 5.80. The van der Waals surface area contributed by atoms with Crippen LogP contribution in [-0.2, 0) is 0 Å². The van der Waals surface area contributed by atoms with Gasteiger partial charge >= 0.3 is 6.18 Å². The van der Waals surface area contributed by atoms with Crippen LogP contribution in [0.5, 0.6) is 0 Å². The second-order valence-corrected chi connectivity index (χ2v) is 6.95. The zero-order valence-corrected chi connectivity index (χ0v) is 13.1. The van der Waals surface area contributed by atoms with Crippen LogP contribution in [0.3, 0.4) is 0 Å². The molecule has 0 radical (unpaired) electrons. The molecule has 0 aromatic rings. The lowest BCUT2D eigenvalue weighted by Crippen LogP contribution is -2.61. The van der Waals surface area contributed by atoms with Crippen LogP contribution < -0.4 is 5.73 Å². The molecule has 1 aliphatic carbocycles. The van der Waals surface area contributed by atoms with Crippen LogP contribution in [0, 0.1) is 5.92 Å². The summed E-state index contributed by atoms with van der Waals surface area (Å²) < 4.78 is 38.6. The average molecular weight is 307 g/mol. The number of hydrogen-bond donors (Lipinski definition) is 1. The van der Waals surface area contributed by atoms with E-state index in [0.717, 1.165) is 25.9 Å². The Balaban J connectivity index is 2.02. The number of nitrogens with two attached hydrogens (primary N) is 1. The smallest absolute Gasteiger partial charge is 0.329 e. The SMILES string of the molecule is CN(C)C1CCCN(C2(CN)CCC(C(F)(F)F)CC2)C1. The molecule has 0 aromatic heterocycles. The highest BCUT2D eigenvalue weighted by atomic mass is 19.4. The Morgan fingerprint density at radius 2 is 1.81 bits per heavy atom. The number of hydrogen-bond acceptors (Lipinski definition) is 3. The van der Waals surface area contributed by atoms with Gasteiger partial charge in [0.05, 0.1) is 5.92 Å². The number of halogens is 3. The van der Waals surface area contributed by atoms with Gasteiger partial charge in [0.2, 0.25) is 0 Å². The highest BCUT2D eigenvalue weighted by Crippen LogP contribution is 2.43. The maximum absolute atomic E-state index is 12.9. The molecule has 6 heteroatoms. The maximum atomic E-state index is 12.9. The minimum atomic E-state index is -4.05. The highest BCUT2D eigenvalue weighted by molar-refractivity contribution is 4.99. The summed E-state index contributed by atoms with van der Waals surface area (Å²) in [6.07, 6.45) is -0.174. The summed E-state index contributed by atoms with van der Waals surface area (Å²) >= 11 is 0. The number of piperidine rings is 1. The van der Waals surface area contributed by atoms with Gasteiger partial charge in [0.1, 0.15) is 0 Å². The minimum Gasteiger partial charge on any atom is -0.329 e. The van der Waals surface area contributed by atoms with Crippen molar-refractivity contribution < 1.29 is 13.2 Å². The Labute approximate surface area is 125 Å². The van der Waals surface area contributed by atoms with Crippen LogP contribution in [0.1, 0.15) is 38.5 Å². The second-order valence-electron chi connectivity index (χ2n) is 6.95. The molecule has 3 nitrogen and oxygen atoms in total. The molecule has 1 atom stereocenters. The van der Waals surface area contributed by atoms with Gasteiger partial charge in [-0.05, 0) is 59.2 Å². The Bertz CT molecular complexity index is 336. The zero-order chi connectivity index (χ0) is 15.7.